The molecule has 19 heavy (non-hydrogen) atoms. The maximum Gasteiger partial charge on any atom is 0.152 e. The van der Waals surface area contributed by atoms with Crippen LogP contribution in [-0.2, 0) is 0 Å². The topological polar surface area (TPSA) is 20.3 Å². The van der Waals surface area contributed by atoms with E-state index >= 15 is 0 Å². The molecule has 4 heteroatoms. The third-order valence-corrected chi connectivity index (χ3v) is 2.85. The van der Waals surface area contributed by atoms with E-state index in [-0.39, 0.29) is 11.3 Å². The van der Waals surface area contributed by atoms with Crippen molar-refractivity contribution in [1.29, 1.82) is 0 Å². The lowest BCUT2D eigenvalue weighted by atomic mass is 10.1. The van der Waals surface area contributed by atoms with Crippen molar-refractivity contribution in [2.24, 2.45) is 0 Å². The maximum absolute atomic E-state index is 14.0. The molecule has 2 rings (SSSR count). The van der Waals surface area contributed by atoms with Gasteiger partial charge in [0.2, 0.25) is 0 Å². The van der Waals surface area contributed by atoms with Gasteiger partial charge in [-0.3, -0.25) is 4.79 Å². The Bertz CT molecular complexity index is 598. The molecule has 0 bridgehead atoms. The predicted octanol–water partition coefficient (Wildman–Crippen LogP) is 3.94. The second-order valence-corrected chi connectivity index (χ2v) is 4.02. The molecule has 0 fully saturated rings. The lowest BCUT2D eigenvalue weighted by molar-refractivity contribution is 0.112. The van der Waals surface area contributed by atoms with E-state index in [1.54, 1.807) is 17.0 Å². The first kappa shape index (κ1) is 13.2. The summed E-state index contributed by atoms with van der Waals surface area (Å²) >= 11 is 0. The molecule has 0 spiro atoms. The molecule has 0 radical (unpaired) electrons. The van der Waals surface area contributed by atoms with Gasteiger partial charge in [-0.1, -0.05) is 12.1 Å². The highest BCUT2D eigenvalue weighted by Gasteiger charge is 2.16. The summed E-state index contributed by atoms with van der Waals surface area (Å²) in [4.78, 5) is 12.6. The molecule has 2 aromatic carbocycles. The van der Waals surface area contributed by atoms with Gasteiger partial charge in [-0.05, 0) is 37.3 Å². The first-order valence-corrected chi connectivity index (χ1v) is 5.94. The quantitative estimate of drug-likeness (QED) is 0.777. The number of para-hydroxylation sites is 1. The fourth-order valence-electron chi connectivity index (χ4n) is 2.03. The smallest absolute Gasteiger partial charge is 0.152 e. The minimum atomic E-state index is -0.504. The van der Waals surface area contributed by atoms with Gasteiger partial charge in [-0.15, -0.1) is 0 Å². The monoisotopic (exact) mass is 261 g/mol. The second-order valence-electron chi connectivity index (χ2n) is 4.02. The van der Waals surface area contributed by atoms with E-state index in [0.717, 1.165) is 0 Å². The summed E-state index contributed by atoms with van der Waals surface area (Å²) in [5.74, 6) is -0.907. The lowest BCUT2D eigenvalue weighted by Crippen LogP contribution is -2.19. The van der Waals surface area contributed by atoms with Crippen molar-refractivity contribution >= 4 is 17.7 Å². The third-order valence-electron chi connectivity index (χ3n) is 2.85. The third kappa shape index (κ3) is 2.62. The first-order valence-electron chi connectivity index (χ1n) is 5.94. The minimum absolute atomic E-state index is 0.172. The largest absolute Gasteiger partial charge is 0.339 e. The van der Waals surface area contributed by atoms with Crippen LogP contribution in [0.25, 0.3) is 0 Å². The van der Waals surface area contributed by atoms with Gasteiger partial charge in [-0.25, -0.2) is 8.78 Å². The van der Waals surface area contributed by atoms with E-state index in [0.29, 0.717) is 18.5 Å². The van der Waals surface area contributed by atoms with Crippen LogP contribution in [0.2, 0.25) is 0 Å². The van der Waals surface area contributed by atoms with Gasteiger partial charge in [0.1, 0.15) is 11.6 Å². The SMILES string of the molecule is CCN(c1cccc(F)c1)c1c(F)cccc1C=O. The molecule has 0 saturated carbocycles. The average molecular weight is 261 g/mol. The molecule has 0 aromatic heterocycles. The number of carbonyl (C=O) groups excluding carboxylic acids is 1. The Kier molecular flexibility index (Phi) is 3.90. The molecule has 0 unspecified atom stereocenters. The average Bonchev–Trinajstić information content (AvgIpc) is 2.41. The highest BCUT2D eigenvalue weighted by molar-refractivity contribution is 5.87. The van der Waals surface area contributed by atoms with Crippen LogP contribution in [0.4, 0.5) is 20.2 Å². The minimum Gasteiger partial charge on any atom is -0.339 e. The van der Waals surface area contributed by atoms with Gasteiger partial charge in [0.15, 0.2) is 6.29 Å². The van der Waals surface area contributed by atoms with Crippen LogP contribution >= 0.6 is 0 Å². The molecule has 0 amide bonds. The van der Waals surface area contributed by atoms with Crippen molar-refractivity contribution in [3.05, 3.63) is 59.7 Å². The van der Waals surface area contributed by atoms with Gasteiger partial charge >= 0.3 is 0 Å². The van der Waals surface area contributed by atoms with Gasteiger partial charge in [0, 0.05) is 17.8 Å². The molecule has 0 N–H and O–H groups in total. The van der Waals surface area contributed by atoms with E-state index in [1.807, 2.05) is 6.92 Å². The molecule has 98 valence electrons. The zero-order valence-electron chi connectivity index (χ0n) is 10.4. The maximum atomic E-state index is 14.0. The Hall–Kier alpha value is -2.23. The van der Waals surface area contributed by atoms with Crippen molar-refractivity contribution in [1.82, 2.24) is 0 Å². The zero-order chi connectivity index (χ0) is 13.8. The van der Waals surface area contributed by atoms with Gasteiger partial charge in [0.05, 0.1) is 5.69 Å². The molecular formula is C15H13F2NO. The number of anilines is 2. The van der Waals surface area contributed by atoms with Gasteiger partial charge in [-0.2, -0.15) is 0 Å². The Morgan fingerprint density at radius 2 is 1.89 bits per heavy atom. The highest BCUT2D eigenvalue weighted by Crippen LogP contribution is 2.30. The highest BCUT2D eigenvalue weighted by atomic mass is 19.1. The van der Waals surface area contributed by atoms with Crippen LogP contribution in [0, 0.1) is 11.6 Å². The Labute approximate surface area is 110 Å². The van der Waals surface area contributed by atoms with E-state index in [1.165, 1.54) is 30.3 Å². The summed E-state index contributed by atoms with van der Waals surface area (Å²) in [7, 11) is 0. The van der Waals surface area contributed by atoms with E-state index < -0.39 is 11.6 Å². The Morgan fingerprint density at radius 1 is 1.16 bits per heavy atom. The van der Waals surface area contributed by atoms with Crippen LogP contribution in [0.1, 0.15) is 17.3 Å². The summed E-state index contributed by atoms with van der Waals surface area (Å²) in [6, 6.07) is 10.1. The van der Waals surface area contributed by atoms with Crippen LogP contribution < -0.4 is 4.90 Å². The first-order chi connectivity index (χ1) is 9.17. The number of hydrogen-bond acceptors (Lipinski definition) is 2. The summed E-state index contributed by atoms with van der Waals surface area (Å²) in [5, 5.41) is 0. The van der Waals surface area contributed by atoms with Crippen molar-refractivity contribution in [3.8, 4) is 0 Å². The van der Waals surface area contributed by atoms with Crippen molar-refractivity contribution in [2.75, 3.05) is 11.4 Å². The molecule has 0 aliphatic carbocycles. The molecule has 0 saturated heterocycles. The second kappa shape index (κ2) is 5.61. The Morgan fingerprint density at radius 3 is 2.53 bits per heavy atom. The molecule has 0 aliphatic rings. The molecule has 2 nitrogen and oxygen atoms in total. The normalized spacial score (nSPS) is 10.3. The summed E-state index contributed by atoms with van der Waals surface area (Å²) < 4.78 is 27.2. The van der Waals surface area contributed by atoms with E-state index in [2.05, 4.69) is 0 Å². The number of benzene rings is 2. The molecule has 0 atom stereocenters. The van der Waals surface area contributed by atoms with Crippen LogP contribution in [0.15, 0.2) is 42.5 Å². The van der Waals surface area contributed by atoms with Gasteiger partial charge in [0.25, 0.3) is 0 Å². The standard InChI is InChI=1S/C15H13F2NO/c1-2-18(13-7-4-6-12(16)9-13)15-11(10-19)5-3-8-14(15)17/h3-10H,2H2,1H3. The molecule has 0 aliphatic heterocycles. The summed E-state index contributed by atoms with van der Waals surface area (Å²) in [6.45, 7) is 2.23. The van der Waals surface area contributed by atoms with E-state index in [4.69, 9.17) is 0 Å². The zero-order valence-corrected chi connectivity index (χ0v) is 10.4. The van der Waals surface area contributed by atoms with Crippen LogP contribution in [-0.4, -0.2) is 12.8 Å². The Balaban J connectivity index is 2.57. The molecule has 0 heterocycles. The number of carbonyl (C=O) groups is 1. The summed E-state index contributed by atoms with van der Waals surface area (Å²) in [6.07, 6.45) is 0.598. The lowest BCUT2D eigenvalue weighted by Gasteiger charge is -2.25. The van der Waals surface area contributed by atoms with E-state index in [9.17, 15) is 13.6 Å². The number of rotatable bonds is 4. The molecule has 2 aromatic rings. The van der Waals surface area contributed by atoms with Crippen LogP contribution in [0.5, 0.6) is 0 Å². The fraction of sp³-hybridized carbons (Fsp3) is 0.133. The summed E-state index contributed by atoms with van der Waals surface area (Å²) in [5.41, 5.74) is 0.924. The molecular weight excluding hydrogens is 248 g/mol. The number of nitrogens with zero attached hydrogens (tertiary/aromatic N) is 1. The van der Waals surface area contributed by atoms with Crippen molar-refractivity contribution in [3.63, 3.8) is 0 Å². The van der Waals surface area contributed by atoms with Crippen molar-refractivity contribution in [2.45, 2.75) is 6.92 Å². The van der Waals surface area contributed by atoms with Crippen LogP contribution in [0.3, 0.4) is 0 Å². The predicted molar refractivity (Wildman–Crippen MR) is 70.9 cm³/mol. The van der Waals surface area contributed by atoms with Gasteiger partial charge < -0.3 is 4.90 Å². The fourth-order valence-corrected chi connectivity index (χ4v) is 2.03. The number of halogens is 2. The number of hydrogen-bond donors (Lipinski definition) is 0. The number of aldehydes is 1. The van der Waals surface area contributed by atoms with Crippen molar-refractivity contribution < 1.29 is 13.6 Å².